The molecule has 3 aliphatic carbocycles. The molecule has 33 heavy (non-hydrogen) atoms. The van der Waals surface area contributed by atoms with Crippen molar-refractivity contribution in [3.8, 4) is 6.07 Å². The zero-order chi connectivity index (χ0) is 22.2. The first-order valence-electron chi connectivity index (χ1n) is 11.9. The van der Waals surface area contributed by atoms with Gasteiger partial charge in [-0.1, -0.05) is 91.1 Å². The zero-order valence-electron chi connectivity index (χ0n) is 18.6. The normalized spacial score (nSPS) is 29.2. The van der Waals surface area contributed by atoms with Gasteiger partial charge in [0, 0.05) is 29.7 Å². The van der Waals surface area contributed by atoms with E-state index in [0.29, 0.717) is 29.5 Å². The van der Waals surface area contributed by atoms with Crippen LogP contribution in [0.1, 0.15) is 24.0 Å². The van der Waals surface area contributed by atoms with Crippen molar-refractivity contribution in [1.29, 1.82) is 5.26 Å². The summed E-state index contributed by atoms with van der Waals surface area (Å²) in [4.78, 5) is 2.69. The molecule has 3 nitrogen and oxygen atoms in total. The Balaban J connectivity index is 1.40. The monoisotopic (exact) mass is 429 g/mol. The van der Waals surface area contributed by atoms with E-state index in [4.69, 9.17) is 0 Å². The molecule has 6 rings (SSSR count). The number of nitrogens with zero attached hydrogens (tertiary/aromatic N) is 2. The summed E-state index contributed by atoms with van der Waals surface area (Å²) in [5.74, 6) is 1.04. The Morgan fingerprint density at radius 1 is 0.818 bits per heavy atom. The first kappa shape index (κ1) is 19.9. The van der Waals surface area contributed by atoms with Crippen LogP contribution in [0.5, 0.6) is 0 Å². The molecule has 1 aromatic rings. The van der Waals surface area contributed by atoms with Crippen molar-refractivity contribution in [1.82, 2.24) is 10.2 Å². The average molecular weight is 430 g/mol. The Hall–Kier alpha value is -3.77. The second-order valence-corrected chi connectivity index (χ2v) is 9.15. The standard InChI is InChI=1S/C30H27N3/c31-20-23-8-7-19-32-30(23)22-17-15-21(16-18-22)24-9-1-4-12-27(24)33-28-13-5-2-10-25(28)26-11-3-6-14-29(26)33/h1-3,5-11,13-18,25-26,28-29,32H,4,12,19H2. The van der Waals surface area contributed by atoms with Gasteiger partial charge in [-0.25, -0.2) is 0 Å². The fourth-order valence-corrected chi connectivity index (χ4v) is 5.92. The second-order valence-electron chi connectivity index (χ2n) is 9.15. The third kappa shape index (κ3) is 3.34. The molecule has 1 aromatic carbocycles. The second kappa shape index (κ2) is 8.30. The van der Waals surface area contributed by atoms with Crippen LogP contribution < -0.4 is 5.32 Å². The Morgan fingerprint density at radius 3 is 2.18 bits per heavy atom. The van der Waals surface area contributed by atoms with Gasteiger partial charge < -0.3 is 10.2 Å². The van der Waals surface area contributed by atoms with Crippen molar-refractivity contribution in [2.75, 3.05) is 6.54 Å². The van der Waals surface area contributed by atoms with Crippen LogP contribution in [0.3, 0.4) is 0 Å². The van der Waals surface area contributed by atoms with Crippen molar-refractivity contribution in [2.45, 2.75) is 24.9 Å². The van der Waals surface area contributed by atoms with Gasteiger partial charge in [0.25, 0.3) is 0 Å². The molecule has 0 saturated carbocycles. The molecular weight excluding hydrogens is 402 g/mol. The maximum atomic E-state index is 9.48. The van der Waals surface area contributed by atoms with Gasteiger partial charge in [0.15, 0.2) is 0 Å². The first-order chi connectivity index (χ1) is 16.3. The lowest BCUT2D eigenvalue weighted by Crippen LogP contribution is -2.37. The largest absolute Gasteiger partial charge is 0.380 e. The topological polar surface area (TPSA) is 39.1 Å². The van der Waals surface area contributed by atoms with Gasteiger partial charge >= 0.3 is 0 Å². The molecule has 4 atom stereocenters. The molecule has 1 saturated heterocycles. The van der Waals surface area contributed by atoms with Crippen LogP contribution in [-0.4, -0.2) is 23.5 Å². The van der Waals surface area contributed by atoms with Gasteiger partial charge in [0.05, 0.1) is 23.4 Å². The molecule has 0 amide bonds. The van der Waals surface area contributed by atoms with Gasteiger partial charge in [0.1, 0.15) is 6.07 Å². The lowest BCUT2D eigenvalue weighted by Gasteiger charge is -2.36. The summed E-state index contributed by atoms with van der Waals surface area (Å²) >= 11 is 0. The highest BCUT2D eigenvalue weighted by atomic mass is 15.2. The molecule has 4 unspecified atom stereocenters. The number of dihydropyridines is 1. The van der Waals surface area contributed by atoms with Gasteiger partial charge in [-0.3, -0.25) is 0 Å². The van der Waals surface area contributed by atoms with E-state index in [0.717, 1.165) is 30.6 Å². The number of benzene rings is 1. The Kier molecular flexibility index (Phi) is 5.00. The quantitative estimate of drug-likeness (QED) is 0.672. The number of nitriles is 1. The highest BCUT2D eigenvalue weighted by Crippen LogP contribution is 2.46. The summed E-state index contributed by atoms with van der Waals surface area (Å²) in [6, 6.07) is 11.8. The lowest BCUT2D eigenvalue weighted by atomic mass is 9.83. The number of rotatable bonds is 3. The van der Waals surface area contributed by atoms with Crippen LogP contribution in [0.15, 0.2) is 108 Å². The van der Waals surface area contributed by atoms with E-state index >= 15 is 0 Å². The number of hydrogen-bond acceptors (Lipinski definition) is 3. The van der Waals surface area contributed by atoms with Crippen molar-refractivity contribution >= 4 is 11.3 Å². The third-order valence-corrected chi connectivity index (χ3v) is 7.39. The Bertz CT molecular complexity index is 1210. The van der Waals surface area contributed by atoms with Crippen LogP contribution >= 0.6 is 0 Å². The van der Waals surface area contributed by atoms with E-state index in [-0.39, 0.29) is 0 Å². The molecule has 5 aliphatic rings. The maximum Gasteiger partial charge on any atom is 0.101 e. The minimum absolute atomic E-state index is 0.398. The van der Waals surface area contributed by atoms with Crippen LogP contribution in [0.4, 0.5) is 0 Å². The summed E-state index contributed by atoms with van der Waals surface area (Å²) in [7, 11) is 0. The molecule has 0 spiro atoms. The van der Waals surface area contributed by atoms with Gasteiger partial charge in [0.2, 0.25) is 0 Å². The maximum absolute atomic E-state index is 9.48. The average Bonchev–Trinajstić information content (AvgIpc) is 3.23. The SMILES string of the molecule is N#CC1=C(c2ccc(C3=C(N4C5C=CC=CC5C5C=CC=CC54)CCC=C3)cc2)NCC=C1. The smallest absolute Gasteiger partial charge is 0.101 e. The van der Waals surface area contributed by atoms with Crippen molar-refractivity contribution < 1.29 is 0 Å². The summed E-state index contributed by atoms with van der Waals surface area (Å²) in [6.07, 6.45) is 29.0. The summed E-state index contributed by atoms with van der Waals surface area (Å²) in [6.45, 7) is 0.754. The van der Waals surface area contributed by atoms with Crippen molar-refractivity contribution in [2.24, 2.45) is 11.8 Å². The summed E-state index contributed by atoms with van der Waals surface area (Å²) in [5, 5.41) is 12.8. The number of nitrogens with one attached hydrogen (secondary N) is 1. The molecule has 0 aromatic heterocycles. The molecule has 0 radical (unpaired) electrons. The predicted octanol–water partition coefficient (Wildman–Crippen LogP) is 5.68. The molecule has 0 bridgehead atoms. The Labute approximate surface area is 195 Å². The first-order valence-corrected chi connectivity index (χ1v) is 11.9. The van der Waals surface area contributed by atoms with Crippen LogP contribution in [0, 0.1) is 23.2 Å². The highest BCUT2D eigenvalue weighted by Gasteiger charge is 2.46. The van der Waals surface area contributed by atoms with E-state index in [2.05, 4.69) is 101 Å². The lowest BCUT2D eigenvalue weighted by molar-refractivity contribution is 0.293. The fourth-order valence-electron chi connectivity index (χ4n) is 5.92. The van der Waals surface area contributed by atoms with Crippen molar-refractivity contribution in [3.63, 3.8) is 0 Å². The van der Waals surface area contributed by atoms with E-state index in [1.807, 2.05) is 12.2 Å². The minimum Gasteiger partial charge on any atom is -0.380 e. The van der Waals surface area contributed by atoms with Gasteiger partial charge in [-0.15, -0.1) is 0 Å². The van der Waals surface area contributed by atoms with Gasteiger partial charge in [-0.2, -0.15) is 5.26 Å². The zero-order valence-corrected chi connectivity index (χ0v) is 18.6. The van der Waals surface area contributed by atoms with Crippen LogP contribution in [0.25, 0.3) is 11.3 Å². The molecule has 1 N–H and O–H groups in total. The van der Waals surface area contributed by atoms with Crippen molar-refractivity contribution in [3.05, 3.63) is 120 Å². The van der Waals surface area contributed by atoms with Gasteiger partial charge in [-0.05, 0) is 30.0 Å². The molecule has 1 fully saturated rings. The van der Waals surface area contributed by atoms with E-state index in [9.17, 15) is 5.26 Å². The minimum atomic E-state index is 0.398. The third-order valence-electron chi connectivity index (χ3n) is 7.39. The molecule has 2 heterocycles. The molecule has 162 valence electrons. The number of allylic oxidation sites excluding steroid dienone is 10. The predicted molar refractivity (Wildman–Crippen MR) is 134 cm³/mol. The summed E-state index contributed by atoms with van der Waals surface area (Å²) < 4.78 is 0. The molecule has 3 heteroatoms. The molecular formula is C30H27N3. The molecule has 2 aliphatic heterocycles. The Morgan fingerprint density at radius 2 is 1.48 bits per heavy atom. The summed E-state index contributed by atoms with van der Waals surface area (Å²) in [5.41, 5.74) is 6.68. The number of likely N-dealkylation sites (tertiary alicyclic amines) is 1. The van der Waals surface area contributed by atoms with E-state index in [1.54, 1.807) is 0 Å². The van der Waals surface area contributed by atoms with E-state index in [1.165, 1.54) is 16.8 Å². The van der Waals surface area contributed by atoms with E-state index < -0.39 is 0 Å². The van der Waals surface area contributed by atoms with Crippen LogP contribution in [-0.2, 0) is 0 Å². The fraction of sp³-hybridized carbons (Fsp3) is 0.233. The number of hydrogen-bond donors (Lipinski definition) is 1. The highest BCUT2D eigenvalue weighted by molar-refractivity contribution is 5.80. The number of fused-ring (bicyclic) bond motifs is 3. The van der Waals surface area contributed by atoms with Crippen LogP contribution in [0.2, 0.25) is 0 Å².